The van der Waals surface area contributed by atoms with Gasteiger partial charge in [0.2, 0.25) is 0 Å². The Hall–Kier alpha value is -1.88. The van der Waals surface area contributed by atoms with E-state index in [2.05, 4.69) is 4.98 Å². The van der Waals surface area contributed by atoms with Crippen molar-refractivity contribution >= 4 is 0 Å². The van der Waals surface area contributed by atoms with Gasteiger partial charge < -0.3 is 14.9 Å². The first-order chi connectivity index (χ1) is 8.24. The maximum atomic E-state index is 13.5. The highest BCUT2D eigenvalue weighted by molar-refractivity contribution is 5.59. The molecule has 90 valence electrons. The lowest BCUT2D eigenvalue weighted by molar-refractivity contribution is 0.386. The van der Waals surface area contributed by atoms with Crippen LogP contribution in [0.3, 0.4) is 0 Å². The number of halogens is 1. The zero-order valence-electron chi connectivity index (χ0n) is 9.44. The Morgan fingerprint density at radius 2 is 2.29 bits per heavy atom. The Kier molecular flexibility index (Phi) is 3.39. The van der Waals surface area contributed by atoms with Gasteiger partial charge in [-0.1, -0.05) is 0 Å². The molecule has 0 unspecified atom stereocenters. The van der Waals surface area contributed by atoms with Gasteiger partial charge in [0.25, 0.3) is 0 Å². The predicted molar refractivity (Wildman–Crippen MR) is 61.2 cm³/mol. The molecular weight excluding hydrogens is 223 g/mol. The number of oxazole rings is 1. The minimum Gasteiger partial charge on any atom is -0.494 e. The predicted octanol–water partition coefficient (Wildman–Crippen LogP) is 1.99. The fourth-order valence-electron chi connectivity index (χ4n) is 1.51. The van der Waals surface area contributed by atoms with E-state index >= 15 is 0 Å². The van der Waals surface area contributed by atoms with E-state index < -0.39 is 5.82 Å². The lowest BCUT2D eigenvalue weighted by Gasteiger charge is -2.02. The average Bonchev–Trinajstić information content (AvgIpc) is 2.78. The molecule has 4 nitrogen and oxygen atoms in total. The number of rotatable bonds is 4. The lowest BCUT2D eigenvalue weighted by Crippen LogP contribution is -2.02. The number of hydrogen-bond donors (Lipinski definition) is 1. The summed E-state index contributed by atoms with van der Waals surface area (Å²) in [6.45, 7) is 0.469. The second-order valence-corrected chi connectivity index (χ2v) is 3.51. The van der Waals surface area contributed by atoms with Crippen molar-refractivity contribution in [2.24, 2.45) is 5.73 Å². The number of ether oxygens (including phenoxy) is 1. The van der Waals surface area contributed by atoms with Crippen LogP contribution in [-0.2, 0) is 6.42 Å². The maximum Gasteiger partial charge on any atom is 0.195 e. The van der Waals surface area contributed by atoms with Crippen LogP contribution in [0.5, 0.6) is 5.75 Å². The number of aromatic nitrogens is 1. The highest BCUT2D eigenvalue weighted by atomic mass is 19.1. The van der Waals surface area contributed by atoms with E-state index in [4.69, 9.17) is 14.9 Å². The van der Waals surface area contributed by atoms with Gasteiger partial charge in [0.15, 0.2) is 17.5 Å². The largest absolute Gasteiger partial charge is 0.494 e. The van der Waals surface area contributed by atoms with Crippen LogP contribution in [0.2, 0.25) is 0 Å². The molecule has 0 saturated heterocycles. The maximum absolute atomic E-state index is 13.5. The average molecular weight is 236 g/mol. The molecule has 17 heavy (non-hydrogen) atoms. The Labute approximate surface area is 98.2 Å². The van der Waals surface area contributed by atoms with Gasteiger partial charge in [0.05, 0.1) is 7.11 Å². The summed E-state index contributed by atoms with van der Waals surface area (Å²) in [5.74, 6) is 0.339. The molecule has 2 N–H and O–H groups in total. The van der Waals surface area contributed by atoms with Crippen molar-refractivity contribution in [2.75, 3.05) is 13.7 Å². The van der Waals surface area contributed by atoms with Crippen LogP contribution in [0.15, 0.2) is 28.9 Å². The molecule has 5 heteroatoms. The molecular formula is C12H13FN2O2. The van der Waals surface area contributed by atoms with E-state index in [1.54, 1.807) is 12.1 Å². The van der Waals surface area contributed by atoms with Crippen LogP contribution in [-0.4, -0.2) is 18.6 Å². The van der Waals surface area contributed by atoms with Crippen LogP contribution in [0.1, 0.15) is 5.89 Å². The third kappa shape index (κ3) is 2.45. The Morgan fingerprint density at radius 1 is 1.47 bits per heavy atom. The molecule has 1 aromatic carbocycles. The second kappa shape index (κ2) is 4.97. The van der Waals surface area contributed by atoms with E-state index in [1.165, 1.54) is 19.4 Å². The Balaban J connectivity index is 2.29. The van der Waals surface area contributed by atoms with Gasteiger partial charge >= 0.3 is 0 Å². The summed E-state index contributed by atoms with van der Waals surface area (Å²) >= 11 is 0. The SMILES string of the molecule is COc1ccc(-c2coc(CCN)n2)cc1F. The molecule has 0 bridgehead atoms. The van der Waals surface area contributed by atoms with E-state index in [0.717, 1.165) is 0 Å². The third-order valence-corrected chi connectivity index (χ3v) is 2.36. The van der Waals surface area contributed by atoms with Gasteiger partial charge in [0, 0.05) is 18.5 Å². The molecule has 0 fully saturated rings. The van der Waals surface area contributed by atoms with Crippen molar-refractivity contribution in [1.29, 1.82) is 0 Å². The van der Waals surface area contributed by atoms with Gasteiger partial charge in [-0.3, -0.25) is 0 Å². The first kappa shape index (κ1) is 11.6. The molecule has 0 saturated carbocycles. The molecule has 0 radical (unpaired) electrons. The van der Waals surface area contributed by atoms with Crippen molar-refractivity contribution in [3.63, 3.8) is 0 Å². The van der Waals surface area contributed by atoms with Crippen LogP contribution in [0.4, 0.5) is 4.39 Å². The zero-order valence-corrected chi connectivity index (χ0v) is 9.44. The molecule has 2 aromatic rings. The topological polar surface area (TPSA) is 61.3 Å². The first-order valence-electron chi connectivity index (χ1n) is 5.23. The van der Waals surface area contributed by atoms with Gasteiger partial charge in [-0.2, -0.15) is 0 Å². The van der Waals surface area contributed by atoms with E-state index in [-0.39, 0.29) is 5.75 Å². The van der Waals surface area contributed by atoms with Crippen LogP contribution in [0.25, 0.3) is 11.3 Å². The lowest BCUT2D eigenvalue weighted by atomic mass is 10.1. The summed E-state index contributed by atoms with van der Waals surface area (Å²) in [5, 5.41) is 0. The molecule has 2 rings (SSSR count). The molecule has 1 aromatic heterocycles. The summed E-state index contributed by atoms with van der Waals surface area (Å²) in [4.78, 5) is 4.21. The van der Waals surface area contributed by atoms with Gasteiger partial charge in [-0.05, 0) is 18.2 Å². The monoisotopic (exact) mass is 236 g/mol. The van der Waals surface area contributed by atoms with E-state index in [9.17, 15) is 4.39 Å². The Bertz CT molecular complexity index is 511. The van der Waals surface area contributed by atoms with Gasteiger partial charge in [-0.15, -0.1) is 0 Å². The normalized spacial score (nSPS) is 10.5. The Morgan fingerprint density at radius 3 is 2.94 bits per heavy atom. The van der Waals surface area contributed by atoms with Crippen molar-refractivity contribution in [1.82, 2.24) is 4.98 Å². The number of methoxy groups -OCH3 is 1. The summed E-state index contributed by atoms with van der Waals surface area (Å²) < 4.78 is 23.5. The van der Waals surface area contributed by atoms with Gasteiger partial charge in [0.1, 0.15) is 12.0 Å². The quantitative estimate of drug-likeness (QED) is 0.881. The van der Waals surface area contributed by atoms with Crippen molar-refractivity contribution in [3.05, 3.63) is 36.2 Å². The molecule has 1 heterocycles. The smallest absolute Gasteiger partial charge is 0.195 e. The van der Waals surface area contributed by atoms with E-state index in [1.807, 2.05) is 0 Å². The number of hydrogen-bond acceptors (Lipinski definition) is 4. The summed E-state index contributed by atoms with van der Waals surface area (Å²) in [6.07, 6.45) is 2.06. The summed E-state index contributed by atoms with van der Waals surface area (Å²) in [7, 11) is 1.42. The fourth-order valence-corrected chi connectivity index (χ4v) is 1.51. The highest BCUT2D eigenvalue weighted by Gasteiger charge is 2.09. The van der Waals surface area contributed by atoms with Crippen molar-refractivity contribution in [3.8, 4) is 17.0 Å². The van der Waals surface area contributed by atoms with Crippen molar-refractivity contribution in [2.45, 2.75) is 6.42 Å². The third-order valence-electron chi connectivity index (χ3n) is 2.36. The zero-order chi connectivity index (χ0) is 12.3. The number of nitrogens with zero attached hydrogens (tertiary/aromatic N) is 1. The van der Waals surface area contributed by atoms with Crippen LogP contribution >= 0.6 is 0 Å². The molecule has 0 spiro atoms. The molecule has 0 aliphatic rings. The minimum absolute atomic E-state index is 0.208. The molecule has 0 aliphatic heterocycles. The number of nitrogens with two attached hydrogens (primary N) is 1. The number of benzene rings is 1. The second-order valence-electron chi connectivity index (χ2n) is 3.51. The van der Waals surface area contributed by atoms with Crippen LogP contribution in [0, 0.1) is 5.82 Å². The first-order valence-corrected chi connectivity index (χ1v) is 5.23. The standard InChI is InChI=1S/C12H13FN2O2/c1-16-11-3-2-8(6-9(11)13)10-7-17-12(15-10)4-5-14/h2-3,6-7H,4-5,14H2,1H3. The molecule has 0 atom stereocenters. The summed E-state index contributed by atoms with van der Waals surface area (Å²) in [5.41, 5.74) is 6.63. The summed E-state index contributed by atoms with van der Waals surface area (Å²) in [6, 6.07) is 4.65. The molecule has 0 amide bonds. The fraction of sp³-hybridized carbons (Fsp3) is 0.250. The minimum atomic E-state index is -0.423. The van der Waals surface area contributed by atoms with Crippen LogP contribution < -0.4 is 10.5 Å². The molecule has 0 aliphatic carbocycles. The van der Waals surface area contributed by atoms with E-state index in [0.29, 0.717) is 30.1 Å². The van der Waals surface area contributed by atoms with Gasteiger partial charge in [-0.25, -0.2) is 9.37 Å². The highest BCUT2D eigenvalue weighted by Crippen LogP contribution is 2.24. The van der Waals surface area contributed by atoms with Crippen molar-refractivity contribution < 1.29 is 13.5 Å².